The molecule has 3 N–H and O–H groups in total. The third-order valence-electron chi connectivity index (χ3n) is 3.23. The molecule has 2 amide bonds. The number of rotatable bonds is 5. The molecule has 0 radical (unpaired) electrons. The third kappa shape index (κ3) is 4.66. The maximum Gasteiger partial charge on any atom is 0.315 e. The molecule has 18 heavy (non-hydrogen) atoms. The number of nitrogens with one attached hydrogen (secondary N) is 2. The molecule has 0 bridgehead atoms. The fourth-order valence-electron chi connectivity index (χ4n) is 2.40. The highest BCUT2D eigenvalue weighted by molar-refractivity contribution is 5.76. The molecule has 0 unspecified atom stereocenters. The highest BCUT2D eigenvalue weighted by atomic mass is 16.4. The highest BCUT2D eigenvalue weighted by Crippen LogP contribution is 2.31. The van der Waals surface area contributed by atoms with Gasteiger partial charge in [-0.3, -0.25) is 4.79 Å². The average molecular weight is 252 g/mol. The van der Waals surface area contributed by atoms with Crippen LogP contribution in [0.4, 0.5) is 4.79 Å². The van der Waals surface area contributed by atoms with Crippen molar-refractivity contribution < 1.29 is 14.7 Å². The number of carboxylic acid groups (broad SMARTS) is 1. The van der Waals surface area contributed by atoms with Crippen molar-refractivity contribution in [3.63, 3.8) is 0 Å². The Balaban J connectivity index is 2.52. The van der Waals surface area contributed by atoms with Crippen molar-refractivity contribution in [2.45, 2.75) is 50.5 Å². The molecule has 0 saturated heterocycles. The van der Waals surface area contributed by atoms with Crippen LogP contribution in [0.1, 0.15) is 44.9 Å². The van der Waals surface area contributed by atoms with Crippen LogP contribution in [-0.4, -0.2) is 29.2 Å². The van der Waals surface area contributed by atoms with Crippen molar-refractivity contribution in [2.24, 2.45) is 0 Å². The van der Waals surface area contributed by atoms with Gasteiger partial charge in [0.1, 0.15) is 0 Å². The van der Waals surface area contributed by atoms with E-state index >= 15 is 0 Å². The number of amides is 2. The Morgan fingerprint density at radius 2 is 1.94 bits per heavy atom. The van der Waals surface area contributed by atoms with Crippen LogP contribution in [0.15, 0.2) is 0 Å². The van der Waals surface area contributed by atoms with Gasteiger partial charge in [0.2, 0.25) is 0 Å². The lowest BCUT2D eigenvalue weighted by Gasteiger charge is -2.36. The quantitative estimate of drug-likeness (QED) is 0.512. The normalized spacial score (nSPS) is 17.5. The highest BCUT2D eigenvalue weighted by Gasteiger charge is 2.35. The maximum atomic E-state index is 11.7. The molecule has 0 aromatic carbocycles. The lowest BCUT2D eigenvalue weighted by Crippen LogP contribution is -2.54. The molecule has 5 heteroatoms. The molecule has 0 atom stereocenters. The lowest BCUT2D eigenvalue weighted by molar-refractivity contribution is -0.139. The maximum absolute atomic E-state index is 11.7. The van der Waals surface area contributed by atoms with Gasteiger partial charge in [-0.05, 0) is 12.8 Å². The Labute approximate surface area is 107 Å². The van der Waals surface area contributed by atoms with Gasteiger partial charge in [-0.15, -0.1) is 12.3 Å². The van der Waals surface area contributed by atoms with Gasteiger partial charge in [-0.2, -0.15) is 0 Å². The fourth-order valence-corrected chi connectivity index (χ4v) is 2.40. The van der Waals surface area contributed by atoms with E-state index < -0.39 is 11.5 Å². The minimum Gasteiger partial charge on any atom is -0.481 e. The third-order valence-corrected chi connectivity index (χ3v) is 3.23. The monoisotopic (exact) mass is 252 g/mol. The van der Waals surface area contributed by atoms with E-state index in [9.17, 15) is 9.59 Å². The van der Waals surface area contributed by atoms with E-state index in [1.165, 1.54) is 0 Å². The number of hydrogen-bond donors (Lipinski definition) is 3. The van der Waals surface area contributed by atoms with E-state index in [0.29, 0.717) is 13.0 Å². The molecule has 1 fully saturated rings. The molecule has 0 aliphatic heterocycles. The number of carbonyl (C=O) groups excluding carboxylic acids is 1. The van der Waals surface area contributed by atoms with Crippen molar-refractivity contribution in [3.05, 3.63) is 0 Å². The molecule has 0 aromatic rings. The Morgan fingerprint density at radius 1 is 1.28 bits per heavy atom. The number of urea groups is 1. The van der Waals surface area contributed by atoms with Crippen molar-refractivity contribution in [1.29, 1.82) is 0 Å². The SMILES string of the molecule is C#CCCNC(=O)NC1(CC(=O)O)CCCCC1. The van der Waals surface area contributed by atoms with Crippen LogP contribution in [-0.2, 0) is 4.79 Å². The minimum atomic E-state index is -0.874. The summed E-state index contributed by atoms with van der Waals surface area (Å²) in [5, 5.41) is 14.4. The van der Waals surface area contributed by atoms with Crippen LogP contribution >= 0.6 is 0 Å². The molecule has 1 aliphatic carbocycles. The minimum absolute atomic E-state index is 0.0183. The van der Waals surface area contributed by atoms with Gasteiger partial charge < -0.3 is 15.7 Å². The molecule has 100 valence electrons. The van der Waals surface area contributed by atoms with Crippen molar-refractivity contribution in [3.8, 4) is 12.3 Å². The Bertz CT molecular complexity index is 341. The molecule has 5 nitrogen and oxygen atoms in total. The van der Waals surface area contributed by atoms with Gasteiger partial charge in [0, 0.05) is 13.0 Å². The van der Waals surface area contributed by atoms with Crippen LogP contribution in [0.2, 0.25) is 0 Å². The Morgan fingerprint density at radius 3 is 2.50 bits per heavy atom. The zero-order valence-corrected chi connectivity index (χ0v) is 10.5. The standard InChI is InChI=1S/C13H20N2O3/c1-2-3-9-14-12(18)15-13(10-11(16)17)7-5-4-6-8-13/h1H,3-10H2,(H,16,17)(H2,14,15,18). The first-order chi connectivity index (χ1) is 8.58. The predicted octanol–water partition coefficient (Wildman–Crippen LogP) is 1.49. The zero-order valence-electron chi connectivity index (χ0n) is 10.5. The number of hydrogen-bond acceptors (Lipinski definition) is 2. The smallest absolute Gasteiger partial charge is 0.315 e. The second-order valence-electron chi connectivity index (χ2n) is 4.75. The summed E-state index contributed by atoms with van der Waals surface area (Å²) in [6.45, 7) is 0.408. The van der Waals surface area contributed by atoms with Crippen molar-refractivity contribution in [2.75, 3.05) is 6.54 Å². The number of carboxylic acids is 1. The zero-order chi connectivity index (χ0) is 13.4. The summed E-state index contributed by atoms with van der Waals surface area (Å²) in [5.74, 6) is 1.56. The van der Waals surface area contributed by atoms with Gasteiger partial charge in [0.05, 0.1) is 12.0 Å². The summed E-state index contributed by atoms with van der Waals surface area (Å²) in [7, 11) is 0. The molecule has 1 aliphatic rings. The van der Waals surface area contributed by atoms with E-state index in [-0.39, 0.29) is 12.5 Å². The van der Waals surface area contributed by atoms with E-state index in [2.05, 4.69) is 16.6 Å². The van der Waals surface area contributed by atoms with Crippen molar-refractivity contribution >= 4 is 12.0 Å². The lowest BCUT2D eigenvalue weighted by atomic mass is 9.79. The summed E-state index contributed by atoms with van der Waals surface area (Å²) >= 11 is 0. The van der Waals surface area contributed by atoms with E-state index in [1.807, 2.05) is 0 Å². The molecule has 0 heterocycles. The topological polar surface area (TPSA) is 78.4 Å². The van der Waals surface area contributed by atoms with Gasteiger partial charge in [0.25, 0.3) is 0 Å². The average Bonchev–Trinajstić information content (AvgIpc) is 2.29. The summed E-state index contributed by atoms with van der Waals surface area (Å²) in [4.78, 5) is 22.6. The predicted molar refractivity (Wildman–Crippen MR) is 68.1 cm³/mol. The van der Waals surface area contributed by atoms with Gasteiger partial charge in [-0.1, -0.05) is 19.3 Å². The number of aliphatic carboxylic acids is 1. The molecule has 1 rings (SSSR count). The van der Waals surface area contributed by atoms with Gasteiger partial charge >= 0.3 is 12.0 Å². The van der Waals surface area contributed by atoms with Gasteiger partial charge in [-0.25, -0.2) is 4.79 Å². The molecule has 0 spiro atoms. The first kappa shape index (κ1) is 14.4. The summed E-state index contributed by atoms with van der Waals surface area (Å²) in [6.07, 6.45) is 10.0. The number of terminal acetylenes is 1. The molecule has 1 saturated carbocycles. The number of carbonyl (C=O) groups is 2. The first-order valence-electron chi connectivity index (χ1n) is 6.29. The Hall–Kier alpha value is -1.70. The van der Waals surface area contributed by atoms with E-state index in [4.69, 9.17) is 11.5 Å². The van der Waals surface area contributed by atoms with Crippen LogP contribution in [0.25, 0.3) is 0 Å². The summed E-state index contributed by atoms with van der Waals surface area (Å²) in [5.41, 5.74) is -0.593. The van der Waals surface area contributed by atoms with Crippen LogP contribution in [0.3, 0.4) is 0 Å². The largest absolute Gasteiger partial charge is 0.481 e. The second-order valence-corrected chi connectivity index (χ2v) is 4.75. The van der Waals surface area contributed by atoms with Gasteiger partial charge in [0.15, 0.2) is 0 Å². The summed E-state index contributed by atoms with van der Waals surface area (Å²) in [6, 6.07) is -0.326. The first-order valence-corrected chi connectivity index (χ1v) is 6.29. The molecule has 0 aromatic heterocycles. The van der Waals surface area contributed by atoms with Crippen LogP contribution in [0.5, 0.6) is 0 Å². The molecular weight excluding hydrogens is 232 g/mol. The fraction of sp³-hybridized carbons (Fsp3) is 0.692. The Kier molecular flexibility index (Phi) is 5.50. The van der Waals surface area contributed by atoms with E-state index in [0.717, 1.165) is 32.1 Å². The summed E-state index contributed by atoms with van der Waals surface area (Å²) < 4.78 is 0. The van der Waals surface area contributed by atoms with Crippen LogP contribution < -0.4 is 10.6 Å². The van der Waals surface area contributed by atoms with Crippen molar-refractivity contribution in [1.82, 2.24) is 10.6 Å². The van der Waals surface area contributed by atoms with E-state index in [1.54, 1.807) is 0 Å². The van der Waals surface area contributed by atoms with Crippen LogP contribution in [0, 0.1) is 12.3 Å². The molecular formula is C13H20N2O3. The second kappa shape index (κ2) is 6.90.